The van der Waals surface area contributed by atoms with Gasteiger partial charge in [-0.3, -0.25) is 0 Å². The molecule has 0 bridgehead atoms. The number of ether oxygens (including phenoxy) is 1. The number of alkyl halides is 3. The van der Waals surface area contributed by atoms with Crippen molar-refractivity contribution in [3.8, 4) is 12.3 Å². The van der Waals surface area contributed by atoms with Crippen LogP contribution in [-0.4, -0.2) is 5.97 Å². The first-order valence-corrected chi connectivity index (χ1v) is 12.3. The first-order valence-electron chi connectivity index (χ1n) is 11.0. The minimum absolute atomic E-state index is 0.274. The second-order valence-electron chi connectivity index (χ2n) is 8.10. The van der Waals surface area contributed by atoms with E-state index in [2.05, 4.69) is 5.92 Å². The predicted molar refractivity (Wildman–Crippen MR) is 135 cm³/mol. The number of benzene rings is 4. The van der Waals surface area contributed by atoms with Crippen LogP contribution in [0.3, 0.4) is 0 Å². The van der Waals surface area contributed by atoms with Crippen molar-refractivity contribution in [3.63, 3.8) is 0 Å². The molecular weight excluding hydrogens is 481 g/mol. The summed E-state index contributed by atoms with van der Waals surface area (Å²) in [5, 5.41) is 0. The number of carbonyl (C=O) groups is 1. The molecule has 0 radical (unpaired) electrons. The van der Waals surface area contributed by atoms with Crippen LogP contribution in [0.2, 0.25) is 0 Å². The number of halogens is 3. The molecule has 0 saturated carbocycles. The summed E-state index contributed by atoms with van der Waals surface area (Å²) >= 11 is 0. The van der Waals surface area contributed by atoms with Crippen LogP contribution in [-0.2, 0) is 27.4 Å². The van der Waals surface area contributed by atoms with Gasteiger partial charge in [-0.15, -0.1) is 6.42 Å². The van der Waals surface area contributed by atoms with E-state index in [1.165, 1.54) is 19.1 Å². The van der Waals surface area contributed by atoms with E-state index >= 15 is 0 Å². The molecule has 180 valence electrons. The molecule has 1 atom stereocenters. The molecule has 4 aromatic carbocycles. The first-order chi connectivity index (χ1) is 17.2. The summed E-state index contributed by atoms with van der Waals surface area (Å²) in [5.74, 6) is 1.76. The number of esters is 1. The van der Waals surface area contributed by atoms with Gasteiger partial charge in [0.1, 0.15) is 0 Å². The summed E-state index contributed by atoms with van der Waals surface area (Å²) in [6.45, 7) is 1.48. The van der Waals surface area contributed by atoms with Gasteiger partial charge in [0.2, 0.25) is 0 Å². The fraction of sp³-hybridized carbons (Fsp3) is 0.100. The Labute approximate surface area is 211 Å². The zero-order valence-electron chi connectivity index (χ0n) is 19.3. The molecule has 0 aromatic heterocycles. The Morgan fingerprint density at radius 1 is 0.750 bits per heavy atom. The van der Waals surface area contributed by atoms with Gasteiger partial charge in [0.25, 0.3) is 0 Å². The number of terminal acetylenes is 1. The maximum Gasteiger partial charge on any atom is 0.416 e. The molecule has 36 heavy (non-hydrogen) atoms. The Bertz CT molecular complexity index is 1340. The average molecular weight is 504 g/mol. The van der Waals surface area contributed by atoms with Gasteiger partial charge in [-0.05, 0) is 55.5 Å². The van der Waals surface area contributed by atoms with Crippen molar-refractivity contribution >= 4 is 16.9 Å². The lowest BCUT2D eigenvalue weighted by Crippen LogP contribution is -2.27. The summed E-state index contributed by atoms with van der Waals surface area (Å²) in [6.07, 6.45) is 1.20. The Morgan fingerprint density at radius 2 is 1.25 bits per heavy atom. The molecule has 0 spiro atoms. The highest BCUT2D eigenvalue weighted by atomic mass is 32.2. The third-order valence-electron chi connectivity index (χ3n) is 5.60. The molecule has 0 aliphatic heterocycles. The van der Waals surface area contributed by atoms with Crippen LogP contribution in [0.4, 0.5) is 13.2 Å². The molecule has 0 amide bonds. The molecule has 0 aliphatic carbocycles. The van der Waals surface area contributed by atoms with Crippen molar-refractivity contribution in [2.24, 2.45) is 0 Å². The molecule has 4 rings (SSSR count). The van der Waals surface area contributed by atoms with Gasteiger partial charge in [-0.2, -0.15) is 13.2 Å². The van der Waals surface area contributed by atoms with Crippen molar-refractivity contribution < 1.29 is 22.7 Å². The van der Waals surface area contributed by atoms with Gasteiger partial charge >= 0.3 is 12.1 Å². The fourth-order valence-corrected chi connectivity index (χ4v) is 5.80. The number of carbonyl (C=O) groups excluding carboxylic acids is 1. The van der Waals surface area contributed by atoms with Gasteiger partial charge < -0.3 is 4.74 Å². The Kier molecular flexibility index (Phi) is 7.23. The van der Waals surface area contributed by atoms with Gasteiger partial charge in [-0.1, -0.05) is 60.5 Å². The van der Waals surface area contributed by atoms with Crippen LogP contribution in [0, 0.1) is 12.3 Å². The topological polar surface area (TPSA) is 26.3 Å². The molecule has 0 aliphatic rings. The first kappa shape index (κ1) is 25.2. The smallest absolute Gasteiger partial charge is 0.416 e. The van der Waals surface area contributed by atoms with Crippen molar-refractivity contribution in [2.45, 2.75) is 33.4 Å². The summed E-state index contributed by atoms with van der Waals surface area (Å²) in [6, 6.07) is 31.4. The zero-order chi connectivity index (χ0) is 25.8. The molecule has 0 heterocycles. The van der Waals surface area contributed by atoms with Crippen LogP contribution in [0.25, 0.3) is 0 Å². The lowest BCUT2D eigenvalue weighted by molar-refractivity contribution is -0.137. The van der Waals surface area contributed by atoms with Crippen molar-refractivity contribution in [1.82, 2.24) is 0 Å². The highest BCUT2D eigenvalue weighted by Gasteiger charge is 2.34. The van der Waals surface area contributed by atoms with Crippen molar-refractivity contribution in [3.05, 3.63) is 126 Å². The molecular formula is C30H22F3O2S+. The maximum absolute atomic E-state index is 13.2. The maximum atomic E-state index is 13.2. The summed E-state index contributed by atoms with van der Waals surface area (Å²) in [5.41, 5.74) is -1.78. The van der Waals surface area contributed by atoms with Gasteiger partial charge in [0.15, 0.2) is 20.3 Å². The van der Waals surface area contributed by atoms with Crippen LogP contribution < -0.4 is 0 Å². The molecule has 0 saturated heterocycles. The number of rotatable bonds is 6. The van der Waals surface area contributed by atoms with E-state index in [4.69, 9.17) is 11.2 Å². The van der Waals surface area contributed by atoms with Crippen molar-refractivity contribution in [2.75, 3.05) is 0 Å². The SMILES string of the molecule is C#CC(C)(OC(=O)c1cccc([S+](c2ccccc2)c2ccccc2)c1)c1ccc(C(F)(F)F)cc1. The zero-order valence-corrected chi connectivity index (χ0v) is 20.1. The largest absolute Gasteiger partial charge is 0.438 e. The minimum atomic E-state index is -4.48. The molecule has 6 heteroatoms. The Hall–Kier alpha value is -3.95. The monoisotopic (exact) mass is 503 g/mol. The number of hydrogen-bond donors (Lipinski definition) is 0. The van der Waals surface area contributed by atoms with Crippen molar-refractivity contribution in [1.29, 1.82) is 0 Å². The quantitative estimate of drug-likeness (QED) is 0.155. The minimum Gasteiger partial charge on any atom is -0.438 e. The molecule has 1 unspecified atom stereocenters. The summed E-state index contributed by atoms with van der Waals surface area (Å²) in [4.78, 5) is 16.3. The van der Waals surface area contributed by atoms with E-state index in [0.717, 1.165) is 26.8 Å². The van der Waals surface area contributed by atoms with E-state index in [1.807, 2.05) is 66.7 Å². The van der Waals surface area contributed by atoms with Gasteiger partial charge in [0.05, 0.1) is 22.0 Å². The normalized spacial score (nSPS) is 13.0. The second-order valence-corrected chi connectivity index (χ2v) is 10.1. The Balaban J connectivity index is 1.65. The lowest BCUT2D eigenvalue weighted by Gasteiger charge is -2.25. The van der Waals surface area contributed by atoms with Crippen LogP contribution >= 0.6 is 0 Å². The number of hydrogen-bond acceptors (Lipinski definition) is 2. The van der Waals surface area contributed by atoms with E-state index in [0.29, 0.717) is 5.56 Å². The van der Waals surface area contributed by atoms with Crippen LogP contribution in [0.15, 0.2) is 124 Å². The lowest BCUT2D eigenvalue weighted by atomic mass is 9.95. The third-order valence-corrected chi connectivity index (χ3v) is 7.81. The molecule has 0 fully saturated rings. The van der Waals surface area contributed by atoms with E-state index in [-0.39, 0.29) is 5.56 Å². The Morgan fingerprint density at radius 3 is 1.75 bits per heavy atom. The van der Waals surface area contributed by atoms with Gasteiger partial charge in [0, 0.05) is 11.6 Å². The van der Waals surface area contributed by atoms with Crippen LogP contribution in [0.5, 0.6) is 0 Å². The third kappa shape index (κ3) is 5.48. The average Bonchev–Trinajstić information content (AvgIpc) is 2.90. The standard InChI is InChI=1S/C30H22F3O2S/c1-3-29(2,23-17-19-24(20-18-23)30(31,32)33)35-28(34)22-11-10-16-27(21-22)36(25-12-6-4-7-13-25)26-14-8-5-9-15-26/h1,4-21H,2H3/q+1. The molecule has 0 N–H and O–H groups in total. The van der Waals surface area contributed by atoms with Gasteiger partial charge in [-0.25, -0.2) is 4.79 Å². The summed E-state index contributed by atoms with van der Waals surface area (Å²) in [7, 11) is -0.468. The van der Waals surface area contributed by atoms with E-state index in [1.54, 1.807) is 18.2 Å². The molecule has 2 nitrogen and oxygen atoms in total. The predicted octanol–water partition coefficient (Wildman–Crippen LogP) is 7.51. The van der Waals surface area contributed by atoms with E-state index < -0.39 is 34.2 Å². The fourth-order valence-electron chi connectivity index (χ4n) is 3.66. The second kappa shape index (κ2) is 10.3. The summed E-state index contributed by atoms with van der Waals surface area (Å²) < 4.78 is 44.5. The molecule has 4 aromatic rings. The van der Waals surface area contributed by atoms with Crippen LogP contribution in [0.1, 0.15) is 28.4 Å². The highest BCUT2D eigenvalue weighted by molar-refractivity contribution is 7.97. The van der Waals surface area contributed by atoms with E-state index in [9.17, 15) is 18.0 Å². The highest BCUT2D eigenvalue weighted by Crippen LogP contribution is 2.34.